The quantitative estimate of drug-likeness (QED) is 0.154. The summed E-state index contributed by atoms with van der Waals surface area (Å²) in [6.45, 7) is 6.20. The number of likely N-dealkylation sites (N-methyl/N-ethyl adjacent to an activating group) is 1. The minimum atomic E-state index is -0.166. The Kier molecular flexibility index (Phi) is 9.18. The van der Waals surface area contributed by atoms with Crippen LogP contribution in [0.1, 0.15) is 16.8 Å². The van der Waals surface area contributed by atoms with Gasteiger partial charge in [0.25, 0.3) is 5.91 Å². The summed E-state index contributed by atoms with van der Waals surface area (Å²) in [5, 5.41) is 8.36. The van der Waals surface area contributed by atoms with Gasteiger partial charge in [0.2, 0.25) is 5.95 Å². The molecule has 238 valence electrons. The number of rotatable bonds is 11. The standard InChI is InChI=1S/C36H36N8O2S/c1-42-17-19-43(20-18-42)16-7-22-46-30-13-6-12-29(25-30)39-35-37-15-14-31(40-35)33-32(41-36-44(33)21-23-47-36)27-10-5-11-28(24-27)38-34(45)26-8-3-2-4-9-26/h2-6,8-15,21,23-25H,7,16-20,22H2,1H3,(H,38,45)(H,37,39,40). The molecule has 3 aromatic heterocycles. The molecule has 0 atom stereocenters. The summed E-state index contributed by atoms with van der Waals surface area (Å²) in [6.07, 6.45) is 4.72. The Hall–Kier alpha value is -5.10. The number of aromatic nitrogens is 4. The number of hydrogen-bond donors (Lipinski definition) is 2. The Morgan fingerprint density at radius 1 is 0.915 bits per heavy atom. The van der Waals surface area contributed by atoms with Gasteiger partial charge in [-0.3, -0.25) is 9.20 Å². The van der Waals surface area contributed by atoms with Gasteiger partial charge in [0.05, 0.1) is 18.0 Å². The number of nitrogens with one attached hydrogen (secondary N) is 2. The minimum absolute atomic E-state index is 0.166. The van der Waals surface area contributed by atoms with E-state index in [1.54, 1.807) is 29.7 Å². The van der Waals surface area contributed by atoms with E-state index in [1.165, 1.54) is 0 Å². The van der Waals surface area contributed by atoms with Crippen molar-refractivity contribution in [2.45, 2.75) is 6.42 Å². The second-order valence-electron chi connectivity index (χ2n) is 11.5. The van der Waals surface area contributed by atoms with Crippen molar-refractivity contribution in [3.05, 3.63) is 108 Å². The van der Waals surface area contributed by atoms with Crippen molar-refractivity contribution in [2.24, 2.45) is 0 Å². The second kappa shape index (κ2) is 14.1. The number of amides is 1. The molecule has 6 aromatic rings. The fraction of sp³-hybridized carbons (Fsp3) is 0.222. The summed E-state index contributed by atoms with van der Waals surface area (Å²) in [5.74, 6) is 1.11. The van der Waals surface area contributed by atoms with E-state index in [0.717, 1.165) is 78.2 Å². The SMILES string of the molecule is CN1CCN(CCCOc2cccc(Nc3nccc(-c4c(-c5cccc(NC(=O)c6ccccc6)c5)nc5sccn45)n3)c2)CC1. The summed E-state index contributed by atoms with van der Waals surface area (Å²) in [6, 6.07) is 26.7. The number of thiazole rings is 1. The van der Waals surface area contributed by atoms with E-state index in [2.05, 4.69) is 32.5 Å². The van der Waals surface area contributed by atoms with E-state index in [4.69, 9.17) is 14.7 Å². The second-order valence-corrected chi connectivity index (χ2v) is 12.4. The Morgan fingerprint density at radius 2 is 1.74 bits per heavy atom. The number of ether oxygens (including phenoxy) is 1. The molecule has 1 aliphatic rings. The van der Waals surface area contributed by atoms with E-state index in [1.807, 2.05) is 88.8 Å². The Labute approximate surface area is 277 Å². The van der Waals surface area contributed by atoms with E-state index < -0.39 is 0 Å². The fourth-order valence-corrected chi connectivity index (χ4v) is 6.38. The van der Waals surface area contributed by atoms with Crippen LogP contribution in [-0.2, 0) is 0 Å². The largest absolute Gasteiger partial charge is 0.493 e. The predicted octanol–water partition coefficient (Wildman–Crippen LogP) is 6.53. The molecular weight excluding hydrogens is 609 g/mol. The lowest BCUT2D eigenvalue weighted by atomic mass is 10.1. The molecule has 1 saturated heterocycles. The van der Waals surface area contributed by atoms with Crippen molar-refractivity contribution in [2.75, 3.05) is 57.0 Å². The van der Waals surface area contributed by atoms with Gasteiger partial charge in [-0.25, -0.2) is 15.0 Å². The summed E-state index contributed by atoms with van der Waals surface area (Å²) in [4.78, 5) is 32.9. The van der Waals surface area contributed by atoms with Crippen LogP contribution >= 0.6 is 11.3 Å². The normalized spacial score (nSPS) is 13.9. The van der Waals surface area contributed by atoms with Gasteiger partial charge in [-0.2, -0.15) is 0 Å². The van der Waals surface area contributed by atoms with Gasteiger partial charge in [-0.1, -0.05) is 36.4 Å². The Bertz CT molecular complexity index is 1970. The lowest BCUT2D eigenvalue weighted by Crippen LogP contribution is -2.44. The Morgan fingerprint density at radius 3 is 2.62 bits per heavy atom. The van der Waals surface area contributed by atoms with Crippen molar-refractivity contribution in [3.63, 3.8) is 0 Å². The van der Waals surface area contributed by atoms with Crippen LogP contribution in [0.15, 0.2) is 103 Å². The third-order valence-electron chi connectivity index (χ3n) is 8.16. The van der Waals surface area contributed by atoms with E-state index in [0.29, 0.717) is 23.8 Å². The molecule has 0 saturated carbocycles. The first kappa shape index (κ1) is 30.5. The van der Waals surface area contributed by atoms with Crippen LogP contribution < -0.4 is 15.4 Å². The average molecular weight is 645 g/mol. The molecule has 0 bridgehead atoms. The molecule has 1 fully saturated rings. The van der Waals surface area contributed by atoms with Gasteiger partial charge in [0.15, 0.2) is 4.96 Å². The topological polar surface area (TPSA) is 99.9 Å². The summed E-state index contributed by atoms with van der Waals surface area (Å²) in [5.41, 5.74) is 5.33. The van der Waals surface area contributed by atoms with Gasteiger partial charge in [0, 0.05) is 79.1 Å². The molecule has 1 amide bonds. The van der Waals surface area contributed by atoms with Gasteiger partial charge in [0.1, 0.15) is 11.4 Å². The summed E-state index contributed by atoms with van der Waals surface area (Å²) >= 11 is 1.55. The van der Waals surface area contributed by atoms with Gasteiger partial charge in [-0.15, -0.1) is 11.3 Å². The number of carbonyl (C=O) groups is 1. The number of nitrogens with zero attached hydrogens (tertiary/aromatic N) is 6. The van der Waals surface area contributed by atoms with Crippen LogP contribution in [0.3, 0.4) is 0 Å². The minimum Gasteiger partial charge on any atom is -0.493 e. The van der Waals surface area contributed by atoms with E-state index >= 15 is 0 Å². The third-order valence-corrected chi connectivity index (χ3v) is 8.92. The number of fused-ring (bicyclic) bond motifs is 1. The zero-order valence-electron chi connectivity index (χ0n) is 26.2. The first-order valence-electron chi connectivity index (χ1n) is 15.8. The monoisotopic (exact) mass is 644 g/mol. The van der Waals surface area contributed by atoms with Crippen LogP contribution in [0.25, 0.3) is 27.6 Å². The maximum atomic E-state index is 12.8. The predicted molar refractivity (Wildman–Crippen MR) is 188 cm³/mol. The molecule has 10 nitrogen and oxygen atoms in total. The smallest absolute Gasteiger partial charge is 0.255 e. The molecule has 4 heterocycles. The summed E-state index contributed by atoms with van der Waals surface area (Å²) in [7, 11) is 2.18. The van der Waals surface area contributed by atoms with Gasteiger partial charge >= 0.3 is 0 Å². The molecule has 0 unspecified atom stereocenters. The van der Waals surface area contributed by atoms with Crippen LogP contribution in [0.4, 0.5) is 17.3 Å². The summed E-state index contributed by atoms with van der Waals surface area (Å²) < 4.78 is 8.13. The van der Waals surface area contributed by atoms with Crippen LogP contribution in [0, 0.1) is 0 Å². The van der Waals surface area contributed by atoms with Crippen molar-refractivity contribution in [1.29, 1.82) is 0 Å². The molecular formula is C36H36N8O2S. The van der Waals surface area contributed by atoms with Crippen LogP contribution in [-0.4, -0.2) is 81.4 Å². The highest BCUT2D eigenvalue weighted by molar-refractivity contribution is 7.15. The molecule has 1 aliphatic heterocycles. The lowest BCUT2D eigenvalue weighted by molar-refractivity contribution is 0.102. The fourth-order valence-electron chi connectivity index (χ4n) is 5.66. The number of benzene rings is 3. The molecule has 47 heavy (non-hydrogen) atoms. The molecule has 7 rings (SSSR count). The van der Waals surface area contributed by atoms with Crippen molar-refractivity contribution < 1.29 is 9.53 Å². The van der Waals surface area contributed by atoms with E-state index in [-0.39, 0.29) is 5.91 Å². The Balaban J connectivity index is 1.07. The highest BCUT2D eigenvalue weighted by Gasteiger charge is 2.19. The number of hydrogen-bond acceptors (Lipinski definition) is 9. The van der Waals surface area contributed by atoms with E-state index in [9.17, 15) is 4.79 Å². The highest BCUT2D eigenvalue weighted by atomic mass is 32.1. The molecule has 0 radical (unpaired) electrons. The zero-order chi connectivity index (χ0) is 32.0. The lowest BCUT2D eigenvalue weighted by Gasteiger charge is -2.32. The first-order valence-corrected chi connectivity index (χ1v) is 16.6. The third kappa shape index (κ3) is 7.33. The number of imidazole rings is 1. The van der Waals surface area contributed by atoms with Crippen molar-refractivity contribution in [3.8, 4) is 28.4 Å². The molecule has 3 aromatic carbocycles. The number of carbonyl (C=O) groups excluding carboxylic acids is 1. The molecule has 0 spiro atoms. The van der Waals surface area contributed by atoms with Gasteiger partial charge in [-0.05, 0) is 55.9 Å². The maximum absolute atomic E-state index is 12.8. The van der Waals surface area contributed by atoms with Crippen molar-refractivity contribution >= 4 is 39.5 Å². The number of anilines is 3. The molecule has 11 heteroatoms. The van der Waals surface area contributed by atoms with Crippen molar-refractivity contribution in [1.82, 2.24) is 29.2 Å². The highest BCUT2D eigenvalue weighted by Crippen LogP contribution is 2.35. The first-order chi connectivity index (χ1) is 23.1. The maximum Gasteiger partial charge on any atom is 0.255 e. The van der Waals surface area contributed by atoms with Crippen LogP contribution in [0.5, 0.6) is 5.75 Å². The zero-order valence-corrected chi connectivity index (χ0v) is 27.0. The average Bonchev–Trinajstić information content (AvgIpc) is 3.70. The molecule has 0 aliphatic carbocycles. The molecule has 2 N–H and O–H groups in total. The number of piperazine rings is 1. The van der Waals surface area contributed by atoms with Crippen LogP contribution in [0.2, 0.25) is 0 Å². The van der Waals surface area contributed by atoms with Gasteiger partial charge < -0.3 is 25.2 Å².